The Hall–Kier alpha value is -0.850. The summed E-state index contributed by atoms with van der Waals surface area (Å²) < 4.78 is 0. The fourth-order valence-electron chi connectivity index (χ4n) is 2.96. The molecule has 0 radical (unpaired) electrons. The summed E-state index contributed by atoms with van der Waals surface area (Å²) in [6, 6.07) is 0. The number of piperidine rings is 1. The smallest absolute Gasteiger partial charge is 0.281 e. The Morgan fingerprint density at radius 1 is 1.32 bits per heavy atom. The van der Waals surface area contributed by atoms with Crippen molar-refractivity contribution in [2.24, 2.45) is 0 Å². The van der Waals surface area contributed by atoms with E-state index in [1.54, 1.807) is 0 Å². The monoisotopic (exact) mass is 264 g/mol. The van der Waals surface area contributed by atoms with Crippen molar-refractivity contribution in [2.75, 3.05) is 0 Å². The number of hydrogen-bond acceptors (Lipinski definition) is 2. The summed E-state index contributed by atoms with van der Waals surface area (Å²) >= 11 is 0. The van der Waals surface area contributed by atoms with Gasteiger partial charge >= 0.3 is 6.23 Å². The summed E-state index contributed by atoms with van der Waals surface area (Å²) in [5.41, 5.74) is 0.00620. The molecule has 0 bridgehead atoms. The third-order valence-electron chi connectivity index (χ3n) is 3.91. The summed E-state index contributed by atoms with van der Waals surface area (Å²) in [6.07, 6.45) is 7.68. The Morgan fingerprint density at radius 3 is 2.37 bits per heavy atom. The molecule has 3 heteroatoms. The zero-order valence-electron chi connectivity index (χ0n) is 12.9. The van der Waals surface area contributed by atoms with Crippen molar-refractivity contribution >= 4 is 0 Å². The molecule has 0 aromatic heterocycles. The van der Waals surface area contributed by atoms with E-state index in [1.807, 2.05) is 6.08 Å². The van der Waals surface area contributed by atoms with Gasteiger partial charge in [0.25, 0.3) is 0 Å². The number of hydrogen-bond donors (Lipinski definition) is 0. The predicted octanol–water partition coefficient (Wildman–Crippen LogP) is 4.56. The lowest BCUT2D eigenvalue weighted by molar-refractivity contribution is -0.297. The molecule has 19 heavy (non-hydrogen) atoms. The molecule has 0 N–H and O–H groups in total. The number of allylic oxidation sites excluding steroid dienone is 1. The van der Waals surface area contributed by atoms with Crippen LogP contribution < -0.4 is 0 Å². The van der Waals surface area contributed by atoms with Crippen molar-refractivity contribution in [3.8, 4) is 0 Å². The van der Waals surface area contributed by atoms with Gasteiger partial charge in [-0.3, -0.25) is 4.85 Å². The van der Waals surface area contributed by atoms with Gasteiger partial charge in [-0.2, -0.15) is 5.06 Å². The molecule has 0 amide bonds. The highest BCUT2D eigenvalue weighted by atomic mass is 16.7. The first kappa shape index (κ1) is 16.2. The number of unbranched alkanes of at least 4 members (excludes halogenated alkanes) is 1. The summed E-state index contributed by atoms with van der Waals surface area (Å²) in [6.45, 7) is 19.9. The maximum atomic E-state index is 7.32. The molecule has 1 saturated heterocycles. The van der Waals surface area contributed by atoms with E-state index in [0.29, 0.717) is 0 Å². The maximum absolute atomic E-state index is 7.32. The maximum Gasteiger partial charge on any atom is 0.343 e. The fourth-order valence-corrected chi connectivity index (χ4v) is 2.96. The first-order valence-electron chi connectivity index (χ1n) is 7.28. The molecule has 3 nitrogen and oxygen atoms in total. The van der Waals surface area contributed by atoms with Gasteiger partial charge in [-0.15, -0.1) is 6.58 Å². The van der Waals surface area contributed by atoms with Gasteiger partial charge in [0, 0.05) is 11.1 Å². The topological polar surface area (TPSA) is 16.8 Å². The van der Waals surface area contributed by atoms with Crippen LogP contribution in [0, 0.1) is 6.57 Å². The third-order valence-corrected chi connectivity index (χ3v) is 3.91. The molecular formula is C16H28N2O. The summed E-state index contributed by atoms with van der Waals surface area (Å²) in [7, 11) is 0. The normalized spacial score (nSPS) is 23.5. The lowest BCUT2D eigenvalue weighted by atomic mass is 9.82. The molecule has 0 spiro atoms. The largest absolute Gasteiger partial charge is 0.343 e. The van der Waals surface area contributed by atoms with E-state index in [-0.39, 0.29) is 17.3 Å². The lowest BCUT2D eigenvalue weighted by Crippen LogP contribution is -2.59. The van der Waals surface area contributed by atoms with Crippen LogP contribution in [0.3, 0.4) is 0 Å². The van der Waals surface area contributed by atoms with Crippen LogP contribution in [-0.2, 0) is 4.84 Å². The van der Waals surface area contributed by atoms with Gasteiger partial charge in [0.1, 0.15) is 0 Å². The van der Waals surface area contributed by atoms with Crippen molar-refractivity contribution in [2.45, 2.75) is 83.5 Å². The van der Waals surface area contributed by atoms with Crippen LogP contribution in [0.4, 0.5) is 0 Å². The van der Waals surface area contributed by atoms with E-state index in [2.05, 4.69) is 44.2 Å². The van der Waals surface area contributed by atoms with Gasteiger partial charge in [0.05, 0.1) is 6.42 Å². The Morgan fingerprint density at radius 2 is 1.89 bits per heavy atom. The molecule has 1 aliphatic heterocycles. The molecule has 0 saturated carbocycles. The van der Waals surface area contributed by atoms with E-state index < -0.39 is 0 Å². The molecule has 1 rings (SSSR count). The molecule has 1 atom stereocenters. The molecule has 1 fully saturated rings. The Bertz CT molecular complexity index is 325. The van der Waals surface area contributed by atoms with E-state index in [0.717, 1.165) is 32.1 Å². The van der Waals surface area contributed by atoms with Crippen molar-refractivity contribution in [1.82, 2.24) is 5.06 Å². The van der Waals surface area contributed by atoms with Gasteiger partial charge < -0.3 is 0 Å². The summed E-state index contributed by atoms with van der Waals surface area (Å²) in [4.78, 5) is 9.70. The second-order valence-electron chi connectivity index (χ2n) is 6.68. The molecular weight excluding hydrogens is 236 g/mol. The van der Waals surface area contributed by atoms with Gasteiger partial charge in [-0.05, 0) is 59.8 Å². The van der Waals surface area contributed by atoms with E-state index in [4.69, 9.17) is 11.4 Å². The number of rotatable bonds is 6. The fraction of sp³-hybridized carbons (Fsp3) is 0.812. The van der Waals surface area contributed by atoms with Crippen LogP contribution in [0.5, 0.6) is 0 Å². The van der Waals surface area contributed by atoms with Crippen LogP contribution in [0.1, 0.15) is 66.2 Å². The van der Waals surface area contributed by atoms with E-state index in [9.17, 15) is 0 Å². The molecule has 1 heterocycles. The molecule has 0 aromatic carbocycles. The zero-order chi connectivity index (χ0) is 14.5. The Kier molecular flexibility index (Phi) is 5.58. The molecule has 0 aliphatic carbocycles. The lowest BCUT2D eigenvalue weighted by Gasteiger charge is -2.50. The highest BCUT2D eigenvalue weighted by Gasteiger charge is 2.44. The first-order chi connectivity index (χ1) is 8.83. The minimum atomic E-state index is -0.364. The minimum Gasteiger partial charge on any atom is -0.281 e. The standard InChI is InChI=1S/C16H28N2O/c1-7-8-9-11-14(17-6)19-18-15(2,3)12-10-13-16(18,4)5/h7,14H,1,8-13H2,2-5H3. The van der Waals surface area contributed by atoms with Gasteiger partial charge in [-0.1, -0.05) is 6.08 Å². The number of nitrogens with zero attached hydrogens (tertiary/aromatic N) is 2. The Balaban J connectivity index is 2.69. The van der Waals surface area contributed by atoms with Crippen molar-refractivity contribution in [1.29, 1.82) is 0 Å². The van der Waals surface area contributed by atoms with Gasteiger partial charge in [0.15, 0.2) is 0 Å². The van der Waals surface area contributed by atoms with Crippen molar-refractivity contribution in [3.05, 3.63) is 24.1 Å². The highest BCUT2D eigenvalue weighted by molar-refractivity contribution is 4.93. The minimum absolute atomic E-state index is 0.00310. The zero-order valence-corrected chi connectivity index (χ0v) is 12.9. The van der Waals surface area contributed by atoms with Crippen LogP contribution >= 0.6 is 0 Å². The van der Waals surface area contributed by atoms with E-state index in [1.165, 1.54) is 6.42 Å². The first-order valence-corrected chi connectivity index (χ1v) is 7.28. The average molecular weight is 264 g/mol. The number of hydroxylamine groups is 2. The third kappa shape index (κ3) is 4.33. The predicted molar refractivity (Wildman–Crippen MR) is 79.4 cm³/mol. The summed E-state index contributed by atoms with van der Waals surface area (Å²) in [5, 5.41) is 2.08. The quantitative estimate of drug-likeness (QED) is 0.397. The van der Waals surface area contributed by atoms with E-state index >= 15 is 0 Å². The second-order valence-corrected chi connectivity index (χ2v) is 6.68. The highest BCUT2D eigenvalue weighted by Crippen LogP contribution is 2.39. The van der Waals surface area contributed by atoms with Gasteiger partial charge in [0.2, 0.25) is 0 Å². The van der Waals surface area contributed by atoms with Gasteiger partial charge in [-0.25, -0.2) is 11.4 Å². The van der Waals surface area contributed by atoms with Crippen LogP contribution in [-0.4, -0.2) is 22.4 Å². The van der Waals surface area contributed by atoms with Crippen molar-refractivity contribution in [3.63, 3.8) is 0 Å². The van der Waals surface area contributed by atoms with Crippen LogP contribution in [0.2, 0.25) is 0 Å². The SMILES string of the molecule is [C-]#[N+]C(CCCC=C)ON1C(C)(C)CCCC1(C)C. The molecule has 0 aromatic rings. The van der Waals surface area contributed by atoms with Crippen LogP contribution in [0.15, 0.2) is 12.7 Å². The molecule has 108 valence electrons. The molecule has 1 aliphatic rings. The van der Waals surface area contributed by atoms with Crippen LogP contribution in [0.25, 0.3) is 4.85 Å². The average Bonchev–Trinajstić information content (AvgIpc) is 2.31. The van der Waals surface area contributed by atoms with Crippen molar-refractivity contribution < 1.29 is 4.84 Å². The Labute approximate surface area is 118 Å². The second kappa shape index (κ2) is 6.54. The summed E-state index contributed by atoms with van der Waals surface area (Å²) in [5.74, 6) is 0. The molecule has 1 unspecified atom stereocenters.